The summed E-state index contributed by atoms with van der Waals surface area (Å²) < 4.78 is 7.79. The third-order valence-corrected chi connectivity index (χ3v) is 4.81. The van der Waals surface area contributed by atoms with E-state index < -0.39 is 0 Å². The molecule has 2 aromatic heterocycles. The molecule has 0 amide bonds. The van der Waals surface area contributed by atoms with Gasteiger partial charge in [0, 0.05) is 30.7 Å². The average molecular weight is 322 g/mol. The Morgan fingerprint density at radius 2 is 2.36 bits per heavy atom. The van der Waals surface area contributed by atoms with Crippen molar-refractivity contribution >= 4 is 11.3 Å². The molecule has 0 unspecified atom stereocenters. The van der Waals surface area contributed by atoms with E-state index in [-0.39, 0.29) is 6.10 Å². The Bertz CT molecular complexity index is 598. The number of thiazole rings is 1. The Labute approximate surface area is 134 Å². The van der Waals surface area contributed by atoms with E-state index in [1.165, 1.54) is 0 Å². The van der Waals surface area contributed by atoms with Crippen molar-refractivity contribution in [2.45, 2.75) is 45.9 Å². The first-order valence-corrected chi connectivity index (χ1v) is 8.65. The van der Waals surface area contributed by atoms with Gasteiger partial charge in [0.15, 0.2) is 5.82 Å². The molecular weight excluding hydrogens is 300 g/mol. The second-order valence-electron chi connectivity index (χ2n) is 5.59. The van der Waals surface area contributed by atoms with E-state index in [0.29, 0.717) is 0 Å². The number of aryl methyl sites for hydroxylation is 2. The van der Waals surface area contributed by atoms with Crippen LogP contribution in [0.5, 0.6) is 0 Å². The first-order chi connectivity index (χ1) is 10.8. The van der Waals surface area contributed by atoms with Crippen LogP contribution in [0.4, 0.5) is 0 Å². The molecular formula is C14H22N6OS. The zero-order valence-corrected chi connectivity index (χ0v) is 13.9. The number of unbranched alkanes of at least 4 members (excludes halogenated alkanes) is 1. The molecule has 22 heavy (non-hydrogen) atoms. The van der Waals surface area contributed by atoms with Crippen LogP contribution in [-0.4, -0.2) is 49.8 Å². The maximum Gasteiger partial charge on any atom is 0.165 e. The Balaban J connectivity index is 1.62. The van der Waals surface area contributed by atoms with Crippen LogP contribution < -0.4 is 0 Å². The second kappa shape index (κ2) is 7.26. The molecule has 0 aliphatic carbocycles. The van der Waals surface area contributed by atoms with Gasteiger partial charge >= 0.3 is 0 Å². The Morgan fingerprint density at radius 3 is 3.14 bits per heavy atom. The van der Waals surface area contributed by atoms with Crippen molar-refractivity contribution in [1.29, 1.82) is 0 Å². The fourth-order valence-corrected chi connectivity index (χ4v) is 3.37. The molecule has 2 aromatic rings. The molecule has 3 rings (SSSR count). The molecule has 1 atom stereocenters. The third kappa shape index (κ3) is 3.68. The number of morpholine rings is 1. The lowest BCUT2D eigenvalue weighted by molar-refractivity contribution is -0.0341. The van der Waals surface area contributed by atoms with Crippen molar-refractivity contribution in [3.63, 3.8) is 0 Å². The lowest BCUT2D eigenvalue weighted by Gasteiger charge is -2.31. The van der Waals surface area contributed by atoms with Gasteiger partial charge in [-0.25, -0.2) is 9.67 Å². The molecule has 0 saturated carbocycles. The zero-order valence-electron chi connectivity index (χ0n) is 13.1. The first kappa shape index (κ1) is 15.5. The van der Waals surface area contributed by atoms with Gasteiger partial charge in [0.1, 0.15) is 11.1 Å². The molecule has 0 radical (unpaired) electrons. The van der Waals surface area contributed by atoms with Crippen molar-refractivity contribution < 1.29 is 4.74 Å². The minimum absolute atomic E-state index is 0.0624. The lowest BCUT2D eigenvalue weighted by Crippen LogP contribution is -2.38. The van der Waals surface area contributed by atoms with Gasteiger partial charge in [0.05, 0.1) is 13.2 Å². The molecule has 7 nitrogen and oxygen atoms in total. The molecule has 8 heteroatoms. The molecule has 0 N–H and O–H groups in total. The molecule has 120 valence electrons. The molecule has 0 spiro atoms. The summed E-state index contributed by atoms with van der Waals surface area (Å²) in [6.45, 7) is 8.31. The van der Waals surface area contributed by atoms with Gasteiger partial charge in [0.2, 0.25) is 0 Å². The van der Waals surface area contributed by atoms with Crippen LogP contribution >= 0.6 is 11.3 Å². The number of hydrogen-bond acceptors (Lipinski definition) is 7. The normalized spacial score (nSPS) is 19.6. The summed E-state index contributed by atoms with van der Waals surface area (Å²) in [7, 11) is 0. The van der Waals surface area contributed by atoms with E-state index in [1.54, 1.807) is 11.3 Å². The Hall–Kier alpha value is -1.38. The largest absolute Gasteiger partial charge is 0.368 e. The van der Waals surface area contributed by atoms with E-state index in [1.807, 2.05) is 11.6 Å². The SMILES string of the molecule is CCCCn1nnnc1CN1CCO[C@H](c2nc(C)cs2)C1. The van der Waals surface area contributed by atoms with Crippen LogP contribution in [0, 0.1) is 6.92 Å². The third-order valence-electron chi connectivity index (χ3n) is 3.76. The fraction of sp³-hybridized carbons (Fsp3) is 0.714. The highest BCUT2D eigenvalue weighted by Gasteiger charge is 2.25. The lowest BCUT2D eigenvalue weighted by atomic mass is 10.2. The highest BCUT2D eigenvalue weighted by molar-refractivity contribution is 7.09. The fourth-order valence-electron chi connectivity index (χ4n) is 2.53. The molecule has 1 fully saturated rings. The van der Waals surface area contributed by atoms with Crippen LogP contribution in [0.25, 0.3) is 0 Å². The highest BCUT2D eigenvalue weighted by Crippen LogP contribution is 2.25. The topological polar surface area (TPSA) is 69.0 Å². The van der Waals surface area contributed by atoms with Crippen molar-refractivity contribution in [3.05, 3.63) is 21.9 Å². The number of aromatic nitrogens is 5. The van der Waals surface area contributed by atoms with Crippen LogP contribution in [0.3, 0.4) is 0 Å². The van der Waals surface area contributed by atoms with E-state index in [9.17, 15) is 0 Å². The van der Waals surface area contributed by atoms with Crippen LogP contribution in [-0.2, 0) is 17.8 Å². The predicted molar refractivity (Wildman–Crippen MR) is 83.5 cm³/mol. The van der Waals surface area contributed by atoms with Crippen molar-refractivity contribution in [2.24, 2.45) is 0 Å². The minimum atomic E-state index is 0.0624. The monoisotopic (exact) mass is 322 g/mol. The molecule has 0 aromatic carbocycles. The van der Waals surface area contributed by atoms with Gasteiger partial charge in [-0.05, 0) is 23.8 Å². The maximum atomic E-state index is 5.87. The summed E-state index contributed by atoms with van der Waals surface area (Å²) >= 11 is 1.67. The highest BCUT2D eigenvalue weighted by atomic mass is 32.1. The number of tetrazole rings is 1. The van der Waals surface area contributed by atoms with E-state index >= 15 is 0 Å². The van der Waals surface area contributed by atoms with Crippen LogP contribution in [0.1, 0.15) is 42.4 Å². The second-order valence-corrected chi connectivity index (χ2v) is 6.48. The van der Waals surface area contributed by atoms with Crippen molar-refractivity contribution in [2.75, 3.05) is 19.7 Å². The van der Waals surface area contributed by atoms with Gasteiger partial charge in [0.25, 0.3) is 0 Å². The summed E-state index contributed by atoms with van der Waals surface area (Å²) in [5.41, 5.74) is 1.06. The quantitative estimate of drug-likeness (QED) is 0.808. The van der Waals surface area contributed by atoms with E-state index in [0.717, 1.165) is 62.2 Å². The van der Waals surface area contributed by atoms with Crippen LogP contribution in [0.15, 0.2) is 5.38 Å². The standard InChI is InChI=1S/C14H22N6OS/c1-3-4-5-20-13(16-17-18-20)9-19-6-7-21-12(8-19)14-15-11(2)10-22-14/h10,12H,3-9H2,1-2H3/t12-/m0/s1. The molecule has 1 saturated heterocycles. The smallest absolute Gasteiger partial charge is 0.165 e. The first-order valence-electron chi connectivity index (χ1n) is 7.77. The molecule has 0 bridgehead atoms. The van der Waals surface area contributed by atoms with Gasteiger partial charge in [-0.2, -0.15) is 0 Å². The Morgan fingerprint density at radius 1 is 1.45 bits per heavy atom. The minimum Gasteiger partial charge on any atom is -0.368 e. The Kier molecular flexibility index (Phi) is 5.12. The van der Waals surface area contributed by atoms with Gasteiger partial charge in [-0.15, -0.1) is 16.4 Å². The molecule has 1 aliphatic heterocycles. The summed E-state index contributed by atoms with van der Waals surface area (Å²) in [4.78, 5) is 6.89. The zero-order chi connectivity index (χ0) is 15.4. The van der Waals surface area contributed by atoms with E-state index in [4.69, 9.17) is 4.74 Å². The number of nitrogens with zero attached hydrogens (tertiary/aromatic N) is 6. The summed E-state index contributed by atoms with van der Waals surface area (Å²) in [5, 5.41) is 15.2. The van der Waals surface area contributed by atoms with E-state index in [2.05, 4.69) is 37.7 Å². The summed E-state index contributed by atoms with van der Waals surface area (Å²) in [6.07, 6.45) is 2.30. The number of ether oxygens (including phenoxy) is 1. The summed E-state index contributed by atoms with van der Waals surface area (Å²) in [6, 6.07) is 0. The van der Waals surface area contributed by atoms with Crippen molar-refractivity contribution in [3.8, 4) is 0 Å². The number of hydrogen-bond donors (Lipinski definition) is 0. The van der Waals surface area contributed by atoms with Gasteiger partial charge in [-0.3, -0.25) is 4.90 Å². The number of rotatable bonds is 6. The van der Waals surface area contributed by atoms with Gasteiger partial charge < -0.3 is 4.74 Å². The average Bonchev–Trinajstić information content (AvgIpc) is 3.15. The van der Waals surface area contributed by atoms with Crippen molar-refractivity contribution in [1.82, 2.24) is 30.1 Å². The summed E-state index contributed by atoms with van der Waals surface area (Å²) in [5.74, 6) is 0.935. The van der Waals surface area contributed by atoms with Gasteiger partial charge in [-0.1, -0.05) is 13.3 Å². The predicted octanol–water partition coefficient (Wildman–Crippen LogP) is 1.81. The van der Waals surface area contributed by atoms with Crippen LogP contribution in [0.2, 0.25) is 0 Å². The maximum absolute atomic E-state index is 5.87. The molecule has 1 aliphatic rings. The molecule has 3 heterocycles.